The lowest BCUT2D eigenvalue weighted by Crippen LogP contribution is -2.59. The quantitative estimate of drug-likeness (QED) is 0.140. The summed E-state index contributed by atoms with van der Waals surface area (Å²) in [6, 6.07) is 1.12. The third kappa shape index (κ3) is 10.1. The molecule has 0 radical (unpaired) electrons. The topological polar surface area (TPSA) is 237 Å². The van der Waals surface area contributed by atoms with Crippen molar-refractivity contribution in [1.82, 2.24) is 25.9 Å². The van der Waals surface area contributed by atoms with Gasteiger partial charge in [-0.25, -0.2) is 9.78 Å². The third-order valence-corrected chi connectivity index (χ3v) is 5.85. The van der Waals surface area contributed by atoms with Crippen LogP contribution in [-0.2, 0) is 36.8 Å². The number of nitrogens with zero attached hydrogens (tertiary/aromatic N) is 1. The number of phenols is 1. The van der Waals surface area contributed by atoms with E-state index in [4.69, 9.17) is 10.8 Å². The molecule has 9 N–H and O–H groups in total. The number of hydrogen-bond donors (Lipinski definition) is 8. The van der Waals surface area contributed by atoms with Crippen LogP contribution in [0.25, 0.3) is 0 Å². The monoisotopic (exact) mass is 546 g/mol. The van der Waals surface area contributed by atoms with Crippen LogP contribution in [0.5, 0.6) is 5.75 Å². The van der Waals surface area contributed by atoms with Gasteiger partial charge in [0.1, 0.15) is 23.9 Å². The maximum atomic E-state index is 13.3. The van der Waals surface area contributed by atoms with Gasteiger partial charge in [-0.05, 0) is 30.0 Å². The second-order valence-corrected chi connectivity index (χ2v) is 9.38. The highest BCUT2D eigenvalue weighted by molar-refractivity contribution is 5.94. The number of rotatable bonds is 15. The smallest absolute Gasteiger partial charge is 0.326 e. The van der Waals surface area contributed by atoms with E-state index in [-0.39, 0.29) is 25.0 Å². The van der Waals surface area contributed by atoms with E-state index >= 15 is 0 Å². The number of phenolic OH excluding ortho intramolecular Hbond substituents is 1. The second-order valence-electron chi connectivity index (χ2n) is 9.38. The molecule has 1 heterocycles. The van der Waals surface area contributed by atoms with E-state index in [9.17, 15) is 34.2 Å². The zero-order chi connectivity index (χ0) is 29.1. The number of carbonyl (C=O) groups is 5. The summed E-state index contributed by atoms with van der Waals surface area (Å²) in [5.41, 5.74) is 7.23. The first kappa shape index (κ1) is 30.8. The molecule has 0 aliphatic rings. The van der Waals surface area contributed by atoms with Gasteiger partial charge in [0.2, 0.25) is 17.7 Å². The molecule has 14 nitrogen and oxygen atoms in total. The molecule has 0 fully saturated rings. The molecule has 2 rings (SSSR count). The molecule has 3 amide bonds. The fraction of sp³-hybridized carbons (Fsp3) is 0.440. The van der Waals surface area contributed by atoms with Crippen molar-refractivity contribution in [1.29, 1.82) is 0 Å². The number of amides is 3. The lowest BCUT2D eigenvalue weighted by Gasteiger charge is -2.27. The van der Waals surface area contributed by atoms with E-state index in [1.54, 1.807) is 26.0 Å². The number of aromatic hydroxyl groups is 1. The number of hydrogen-bond acceptors (Lipinski definition) is 8. The van der Waals surface area contributed by atoms with Crippen LogP contribution in [0.15, 0.2) is 36.8 Å². The van der Waals surface area contributed by atoms with Crippen LogP contribution in [0.1, 0.15) is 37.9 Å². The van der Waals surface area contributed by atoms with Crippen molar-refractivity contribution in [2.24, 2.45) is 11.7 Å². The molecule has 14 heteroatoms. The zero-order valence-corrected chi connectivity index (χ0v) is 21.6. The molecular formula is C25H34N6O8. The summed E-state index contributed by atoms with van der Waals surface area (Å²) in [5.74, 6) is -5.29. The summed E-state index contributed by atoms with van der Waals surface area (Å²) >= 11 is 0. The Balaban J connectivity index is 2.19. The molecule has 1 aromatic carbocycles. The van der Waals surface area contributed by atoms with Crippen molar-refractivity contribution in [3.05, 3.63) is 48.0 Å². The zero-order valence-electron chi connectivity index (χ0n) is 21.6. The van der Waals surface area contributed by atoms with E-state index in [0.29, 0.717) is 11.3 Å². The molecule has 0 aliphatic carbocycles. The van der Waals surface area contributed by atoms with Crippen LogP contribution in [0, 0.1) is 5.92 Å². The van der Waals surface area contributed by atoms with Crippen molar-refractivity contribution < 1.29 is 39.3 Å². The number of benzene rings is 1. The number of carboxylic acids is 2. The van der Waals surface area contributed by atoms with Gasteiger partial charge in [0.25, 0.3) is 0 Å². The summed E-state index contributed by atoms with van der Waals surface area (Å²) in [6.07, 6.45) is 2.26. The van der Waals surface area contributed by atoms with Gasteiger partial charge in [-0.3, -0.25) is 19.2 Å². The summed E-state index contributed by atoms with van der Waals surface area (Å²) in [6.45, 7) is 3.26. The lowest BCUT2D eigenvalue weighted by atomic mass is 10.00. The number of carboxylic acid groups (broad SMARTS) is 2. The first-order chi connectivity index (χ1) is 18.4. The van der Waals surface area contributed by atoms with Crippen molar-refractivity contribution in [3.63, 3.8) is 0 Å². The van der Waals surface area contributed by atoms with Crippen LogP contribution in [-0.4, -0.2) is 79.1 Å². The Morgan fingerprint density at radius 1 is 0.923 bits per heavy atom. The van der Waals surface area contributed by atoms with E-state index in [0.717, 1.165) is 0 Å². The number of nitrogens with one attached hydrogen (secondary N) is 4. The van der Waals surface area contributed by atoms with Gasteiger partial charge >= 0.3 is 11.9 Å². The molecule has 4 unspecified atom stereocenters. The summed E-state index contributed by atoms with van der Waals surface area (Å²) < 4.78 is 0. The van der Waals surface area contributed by atoms with Crippen LogP contribution in [0.3, 0.4) is 0 Å². The van der Waals surface area contributed by atoms with Gasteiger partial charge in [0, 0.05) is 31.2 Å². The molecule has 0 bridgehead atoms. The van der Waals surface area contributed by atoms with E-state index in [2.05, 4.69) is 25.9 Å². The Bertz CT molecular complexity index is 1140. The van der Waals surface area contributed by atoms with Gasteiger partial charge in [0.15, 0.2) is 0 Å². The highest BCUT2D eigenvalue weighted by atomic mass is 16.4. The van der Waals surface area contributed by atoms with Gasteiger partial charge in [-0.1, -0.05) is 26.0 Å². The highest BCUT2D eigenvalue weighted by Gasteiger charge is 2.32. The maximum absolute atomic E-state index is 13.3. The Kier molecular flexibility index (Phi) is 11.4. The maximum Gasteiger partial charge on any atom is 0.326 e. The number of H-pyrrole nitrogens is 1. The number of aromatic nitrogens is 2. The number of aromatic amines is 1. The standard InChI is InChI=1S/C25H34N6O8/c1-13(2)21(24(37)29-18(25(38)39)7-8-20(33)34)31-23(36)19(9-14-3-5-16(32)6-4-14)30-22(35)17(26)10-15-11-27-12-28-15/h3-6,11-13,17-19,21,32H,7-10,26H2,1-2H3,(H,27,28)(H,29,37)(H,30,35)(H,31,36)(H,33,34)(H,38,39). The average molecular weight is 547 g/mol. The predicted molar refractivity (Wildman–Crippen MR) is 137 cm³/mol. The number of imidazole rings is 1. The first-order valence-electron chi connectivity index (χ1n) is 12.2. The Morgan fingerprint density at radius 2 is 1.56 bits per heavy atom. The second kappa shape index (κ2) is 14.5. The highest BCUT2D eigenvalue weighted by Crippen LogP contribution is 2.13. The predicted octanol–water partition coefficient (Wildman–Crippen LogP) is -0.712. The average Bonchev–Trinajstić information content (AvgIpc) is 3.38. The Morgan fingerprint density at radius 3 is 2.10 bits per heavy atom. The summed E-state index contributed by atoms with van der Waals surface area (Å²) in [7, 11) is 0. The molecule has 212 valence electrons. The van der Waals surface area contributed by atoms with Crippen LogP contribution >= 0.6 is 0 Å². The van der Waals surface area contributed by atoms with Crippen LogP contribution in [0.2, 0.25) is 0 Å². The molecule has 39 heavy (non-hydrogen) atoms. The molecule has 0 spiro atoms. The molecule has 1 aromatic heterocycles. The largest absolute Gasteiger partial charge is 0.508 e. The van der Waals surface area contributed by atoms with Gasteiger partial charge in [-0.2, -0.15) is 0 Å². The van der Waals surface area contributed by atoms with Crippen molar-refractivity contribution in [3.8, 4) is 5.75 Å². The van der Waals surface area contributed by atoms with Crippen molar-refractivity contribution in [2.45, 2.75) is 63.7 Å². The normalized spacial score (nSPS) is 14.1. The fourth-order valence-corrected chi connectivity index (χ4v) is 3.66. The van der Waals surface area contributed by atoms with Crippen molar-refractivity contribution >= 4 is 29.7 Å². The van der Waals surface area contributed by atoms with Gasteiger partial charge in [-0.15, -0.1) is 0 Å². The van der Waals surface area contributed by atoms with E-state index in [1.807, 2.05) is 0 Å². The minimum Gasteiger partial charge on any atom is -0.508 e. The van der Waals surface area contributed by atoms with Crippen LogP contribution in [0.4, 0.5) is 0 Å². The SMILES string of the molecule is CC(C)C(NC(=O)C(Cc1ccc(O)cc1)NC(=O)C(N)Cc1cnc[nH]1)C(=O)NC(CCC(=O)O)C(=O)O. The van der Waals surface area contributed by atoms with Crippen molar-refractivity contribution in [2.75, 3.05) is 0 Å². The first-order valence-corrected chi connectivity index (χ1v) is 12.2. The Labute approximate surface area is 224 Å². The molecule has 0 aliphatic heterocycles. The van der Waals surface area contributed by atoms with E-state index in [1.165, 1.54) is 24.7 Å². The van der Waals surface area contributed by atoms with Gasteiger partial charge in [0.05, 0.1) is 12.4 Å². The fourth-order valence-electron chi connectivity index (χ4n) is 3.66. The minimum atomic E-state index is -1.47. The number of aliphatic carboxylic acids is 2. The molecule has 0 saturated heterocycles. The minimum absolute atomic E-state index is 0.00255. The van der Waals surface area contributed by atoms with Crippen LogP contribution < -0.4 is 21.7 Å². The van der Waals surface area contributed by atoms with Gasteiger partial charge < -0.3 is 42.0 Å². The Hall–Kier alpha value is -4.46. The molecule has 0 saturated carbocycles. The molecule has 4 atom stereocenters. The molecule has 2 aromatic rings. The third-order valence-electron chi connectivity index (χ3n) is 5.85. The van der Waals surface area contributed by atoms with E-state index < -0.39 is 66.2 Å². The summed E-state index contributed by atoms with van der Waals surface area (Å²) in [4.78, 5) is 68.2. The number of carbonyl (C=O) groups excluding carboxylic acids is 3. The number of nitrogens with two attached hydrogens (primary N) is 1. The summed E-state index contributed by atoms with van der Waals surface area (Å²) in [5, 5.41) is 35.2. The molecular weight excluding hydrogens is 512 g/mol. The lowest BCUT2D eigenvalue weighted by molar-refractivity contribution is -0.143.